The third-order valence-electron chi connectivity index (χ3n) is 4.49. The standard InChI is InChI=1S/C24H25NO2S/c1-18-8-6-7-11-21(18)17-28-19(2)24(26)25-22-12-14-23(15-13-22)27-16-20-9-4-3-5-10-20/h3-15,19H,16-17H2,1-2H3,(H,25,26)/t19-/m1/s1. The highest BCUT2D eigenvalue weighted by molar-refractivity contribution is 7.99. The number of aryl methyl sites for hydroxylation is 1. The van der Waals surface area contributed by atoms with Crippen molar-refractivity contribution in [3.8, 4) is 5.75 Å². The largest absolute Gasteiger partial charge is 0.489 e. The minimum absolute atomic E-state index is 0.0107. The quantitative estimate of drug-likeness (QED) is 0.525. The van der Waals surface area contributed by atoms with E-state index in [4.69, 9.17) is 4.74 Å². The summed E-state index contributed by atoms with van der Waals surface area (Å²) in [4.78, 5) is 12.5. The predicted octanol–water partition coefficient (Wildman–Crippen LogP) is 5.83. The minimum Gasteiger partial charge on any atom is -0.489 e. The molecule has 0 saturated heterocycles. The summed E-state index contributed by atoms with van der Waals surface area (Å²) in [5.41, 5.74) is 4.43. The van der Waals surface area contributed by atoms with Crippen molar-refractivity contribution in [3.63, 3.8) is 0 Å². The Bertz CT molecular complexity index is 894. The third-order valence-corrected chi connectivity index (χ3v) is 5.68. The van der Waals surface area contributed by atoms with Gasteiger partial charge in [0.05, 0.1) is 5.25 Å². The summed E-state index contributed by atoms with van der Waals surface area (Å²) in [5.74, 6) is 1.62. The molecule has 4 heteroatoms. The van der Waals surface area contributed by atoms with E-state index in [0.29, 0.717) is 6.61 Å². The summed E-state index contributed by atoms with van der Waals surface area (Å²) in [6.45, 7) is 4.57. The number of carbonyl (C=O) groups is 1. The maximum Gasteiger partial charge on any atom is 0.237 e. The van der Waals surface area contributed by atoms with Crippen LogP contribution in [0.3, 0.4) is 0 Å². The number of nitrogens with one attached hydrogen (secondary N) is 1. The first kappa shape index (κ1) is 20.0. The SMILES string of the molecule is Cc1ccccc1CS[C@H](C)C(=O)Nc1ccc(OCc2ccccc2)cc1. The van der Waals surface area contributed by atoms with Crippen LogP contribution in [0.4, 0.5) is 5.69 Å². The lowest BCUT2D eigenvalue weighted by Gasteiger charge is -2.13. The lowest BCUT2D eigenvalue weighted by Crippen LogP contribution is -2.22. The van der Waals surface area contributed by atoms with E-state index in [0.717, 1.165) is 22.8 Å². The van der Waals surface area contributed by atoms with E-state index in [2.05, 4.69) is 24.4 Å². The smallest absolute Gasteiger partial charge is 0.237 e. The van der Waals surface area contributed by atoms with Crippen LogP contribution >= 0.6 is 11.8 Å². The maximum absolute atomic E-state index is 12.5. The highest BCUT2D eigenvalue weighted by atomic mass is 32.2. The van der Waals surface area contributed by atoms with Gasteiger partial charge in [-0.05, 0) is 54.8 Å². The van der Waals surface area contributed by atoms with Gasteiger partial charge in [-0.15, -0.1) is 11.8 Å². The molecule has 144 valence electrons. The second-order valence-corrected chi connectivity index (χ2v) is 8.00. The van der Waals surface area contributed by atoms with Crippen LogP contribution in [-0.4, -0.2) is 11.2 Å². The van der Waals surface area contributed by atoms with Crippen LogP contribution in [0, 0.1) is 6.92 Å². The monoisotopic (exact) mass is 391 g/mol. The molecule has 0 radical (unpaired) electrons. The van der Waals surface area contributed by atoms with Gasteiger partial charge in [0.25, 0.3) is 0 Å². The number of rotatable bonds is 8. The van der Waals surface area contributed by atoms with Gasteiger partial charge in [0, 0.05) is 11.4 Å². The van der Waals surface area contributed by atoms with Gasteiger partial charge in [-0.3, -0.25) is 4.79 Å². The van der Waals surface area contributed by atoms with Crippen molar-refractivity contribution in [1.82, 2.24) is 0 Å². The Hall–Kier alpha value is -2.72. The number of anilines is 1. The van der Waals surface area contributed by atoms with Gasteiger partial charge < -0.3 is 10.1 Å². The minimum atomic E-state index is -0.131. The molecule has 0 saturated carbocycles. The number of thioether (sulfide) groups is 1. The van der Waals surface area contributed by atoms with Gasteiger partial charge in [0.1, 0.15) is 12.4 Å². The second kappa shape index (κ2) is 10.00. The summed E-state index contributed by atoms with van der Waals surface area (Å²) in [5, 5.41) is 2.85. The van der Waals surface area contributed by atoms with E-state index in [9.17, 15) is 4.79 Å². The Morgan fingerprint density at radius 3 is 2.36 bits per heavy atom. The van der Waals surface area contributed by atoms with Crippen LogP contribution in [0.25, 0.3) is 0 Å². The first-order chi connectivity index (χ1) is 13.6. The van der Waals surface area contributed by atoms with E-state index in [1.165, 1.54) is 11.1 Å². The van der Waals surface area contributed by atoms with Crippen LogP contribution in [0.15, 0.2) is 78.9 Å². The molecule has 0 spiro atoms. The fourth-order valence-corrected chi connectivity index (χ4v) is 3.65. The van der Waals surface area contributed by atoms with Crippen molar-refractivity contribution in [2.45, 2.75) is 31.5 Å². The molecule has 1 amide bonds. The fraction of sp³-hybridized carbons (Fsp3) is 0.208. The zero-order chi connectivity index (χ0) is 19.8. The van der Waals surface area contributed by atoms with E-state index >= 15 is 0 Å². The summed E-state index contributed by atoms with van der Waals surface area (Å²) in [6, 6.07) is 25.8. The topological polar surface area (TPSA) is 38.3 Å². The van der Waals surface area contributed by atoms with Crippen LogP contribution in [-0.2, 0) is 17.2 Å². The molecule has 0 fully saturated rings. The first-order valence-electron chi connectivity index (χ1n) is 9.35. The highest BCUT2D eigenvalue weighted by Crippen LogP contribution is 2.22. The zero-order valence-corrected chi connectivity index (χ0v) is 17.0. The maximum atomic E-state index is 12.5. The molecule has 0 aliphatic carbocycles. The molecule has 0 aromatic heterocycles. The number of ether oxygens (including phenoxy) is 1. The molecule has 3 rings (SSSR count). The lowest BCUT2D eigenvalue weighted by atomic mass is 10.1. The van der Waals surface area contributed by atoms with Gasteiger partial charge in [-0.25, -0.2) is 0 Å². The zero-order valence-electron chi connectivity index (χ0n) is 16.2. The number of carbonyl (C=O) groups excluding carboxylic acids is 1. The Kier molecular flexibility index (Phi) is 7.15. The van der Waals surface area contributed by atoms with E-state index in [1.54, 1.807) is 11.8 Å². The average Bonchev–Trinajstić information content (AvgIpc) is 2.73. The number of hydrogen-bond donors (Lipinski definition) is 1. The van der Waals surface area contributed by atoms with Crippen molar-refractivity contribution >= 4 is 23.4 Å². The van der Waals surface area contributed by atoms with E-state index in [-0.39, 0.29) is 11.2 Å². The summed E-state index contributed by atoms with van der Waals surface area (Å²) >= 11 is 1.64. The van der Waals surface area contributed by atoms with E-state index < -0.39 is 0 Å². The van der Waals surface area contributed by atoms with Crippen molar-refractivity contribution in [2.24, 2.45) is 0 Å². The Morgan fingerprint density at radius 1 is 0.964 bits per heavy atom. The van der Waals surface area contributed by atoms with Crippen LogP contribution in [0.1, 0.15) is 23.6 Å². The molecular weight excluding hydrogens is 366 g/mol. The van der Waals surface area contributed by atoms with Gasteiger partial charge >= 0.3 is 0 Å². The van der Waals surface area contributed by atoms with Gasteiger partial charge in [0.15, 0.2) is 0 Å². The average molecular weight is 392 g/mol. The molecule has 0 heterocycles. The molecule has 3 nitrogen and oxygen atoms in total. The van der Waals surface area contributed by atoms with Crippen molar-refractivity contribution < 1.29 is 9.53 Å². The van der Waals surface area contributed by atoms with E-state index in [1.807, 2.05) is 73.7 Å². The van der Waals surface area contributed by atoms with Crippen molar-refractivity contribution in [2.75, 3.05) is 5.32 Å². The van der Waals surface area contributed by atoms with Crippen LogP contribution < -0.4 is 10.1 Å². The molecule has 0 unspecified atom stereocenters. The highest BCUT2D eigenvalue weighted by Gasteiger charge is 2.14. The van der Waals surface area contributed by atoms with Crippen molar-refractivity contribution in [1.29, 1.82) is 0 Å². The Balaban J connectivity index is 1.47. The first-order valence-corrected chi connectivity index (χ1v) is 10.4. The summed E-state index contributed by atoms with van der Waals surface area (Å²) in [6.07, 6.45) is 0. The predicted molar refractivity (Wildman–Crippen MR) is 118 cm³/mol. The number of amides is 1. The Morgan fingerprint density at radius 2 is 1.64 bits per heavy atom. The molecule has 1 atom stereocenters. The molecule has 0 aliphatic rings. The van der Waals surface area contributed by atoms with Crippen molar-refractivity contribution in [3.05, 3.63) is 95.6 Å². The molecule has 3 aromatic carbocycles. The van der Waals surface area contributed by atoms with Gasteiger partial charge in [0.2, 0.25) is 5.91 Å². The second-order valence-electron chi connectivity index (χ2n) is 6.67. The van der Waals surface area contributed by atoms with Crippen LogP contribution in [0.5, 0.6) is 5.75 Å². The molecule has 3 aromatic rings. The molecular formula is C24H25NO2S. The Labute approximate surface area is 171 Å². The molecule has 0 bridgehead atoms. The number of hydrogen-bond acceptors (Lipinski definition) is 3. The molecule has 0 aliphatic heterocycles. The normalized spacial score (nSPS) is 11.6. The van der Waals surface area contributed by atoms with Gasteiger partial charge in [-0.1, -0.05) is 54.6 Å². The molecule has 1 N–H and O–H groups in total. The molecule has 28 heavy (non-hydrogen) atoms. The third kappa shape index (κ3) is 5.89. The number of benzene rings is 3. The summed E-state index contributed by atoms with van der Waals surface area (Å²) in [7, 11) is 0. The van der Waals surface area contributed by atoms with Gasteiger partial charge in [-0.2, -0.15) is 0 Å². The lowest BCUT2D eigenvalue weighted by molar-refractivity contribution is -0.115. The van der Waals surface area contributed by atoms with Crippen LogP contribution in [0.2, 0.25) is 0 Å². The summed E-state index contributed by atoms with van der Waals surface area (Å²) < 4.78 is 5.78. The fourth-order valence-electron chi connectivity index (χ4n) is 2.68.